The van der Waals surface area contributed by atoms with E-state index in [0.717, 1.165) is 29.1 Å². The number of allylic oxidation sites excluding steroid dienone is 1. The van der Waals surface area contributed by atoms with Gasteiger partial charge < -0.3 is 23.2 Å². The van der Waals surface area contributed by atoms with E-state index in [1.54, 1.807) is 12.2 Å². The van der Waals surface area contributed by atoms with Crippen LogP contribution in [-0.4, -0.2) is 21.2 Å². The third-order valence-corrected chi connectivity index (χ3v) is 4.56. The highest BCUT2D eigenvalue weighted by atomic mass is 32.2. The predicted octanol–water partition coefficient (Wildman–Crippen LogP) is 0.800. The second-order valence-corrected chi connectivity index (χ2v) is 6.33. The molecule has 0 heterocycles. The lowest BCUT2D eigenvalue weighted by Gasteiger charge is -2.35. The van der Waals surface area contributed by atoms with E-state index < -0.39 is 10.9 Å². The molecule has 0 radical (unpaired) electrons. The van der Waals surface area contributed by atoms with Crippen molar-refractivity contribution in [2.24, 2.45) is 43.6 Å². The maximum absolute atomic E-state index is 6.99. The Bertz CT molecular complexity index is 551. The third-order valence-electron chi connectivity index (χ3n) is 2.60. The summed E-state index contributed by atoms with van der Waals surface area (Å²) in [5.41, 5.74) is 27.1. The summed E-state index contributed by atoms with van der Waals surface area (Å²) in [7, 11) is 0. The Morgan fingerprint density at radius 1 is 1.24 bits per heavy atom. The molecule has 12 heteroatoms. The zero-order chi connectivity index (χ0) is 16.0. The summed E-state index contributed by atoms with van der Waals surface area (Å²) in [6.45, 7) is 1.81. The van der Waals surface area contributed by atoms with E-state index in [9.17, 15) is 0 Å². The van der Waals surface area contributed by atoms with Crippen molar-refractivity contribution in [2.75, 3.05) is 0 Å². The third kappa shape index (κ3) is 4.10. The zero-order valence-electron chi connectivity index (χ0n) is 11.1. The molecular formula is C9H16N10S2. The van der Waals surface area contributed by atoms with Gasteiger partial charge in [-0.25, -0.2) is 11.1 Å². The smallest absolute Gasteiger partial charge is 0.230 e. The fraction of sp³-hybridized carbons (Fsp3) is 0.333. The van der Waals surface area contributed by atoms with E-state index in [1.807, 2.05) is 6.92 Å². The first kappa shape index (κ1) is 17.3. The van der Waals surface area contributed by atoms with Crippen molar-refractivity contribution in [1.29, 1.82) is 11.1 Å². The van der Waals surface area contributed by atoms with Crippen molar-refractivity contribution in [3.05, 3.63) is 22.6 Å². The maximum Gasteiger partial charge on any atom is 0.230 e. The highest BCUT2D eigenvalue weighted by Gasteiger charge is 2.37. The Balaban J connectivity index is 3.13. The molecule has 10 nitrogen and oxygen atoms in total. The first-order valence-electron chi connectivity index (χ1n) is 5.53. The van der Waals surface area contributed by atoms with Crippen LogP contribution >= 0.6 is 23.5 Å². The van der Waals surface area contributed by atoms with E-state index in [4.69, 9.17) is 34.2 Å². The molecule has 0 saturated carbocycles. The van der Waals surface area contributed by atoms with Crippen LogP contribution in [0.25, 0.3) is 0 Å². The minimum Gasteiger partial charge on any atom is -0.322 e. The van der Waals surface area contributed by atoms with Crippen LogP contribution in [0, 0.1) is 11.1 Å². The molecule has 2 unspecified atom stereocenters. The molecule has 1 aliphatic carbocycles. The van der Waals surface area contributed by atoms with Gasteiger partial charge in [0.05, 0.1) is 6.04 Å². The number of hydrogen-bond donors (Lipinski definition) is 6. The molecule has 0 amide bonds. The molecule has 0 aromatic rings. The van der Waals surface area contributed by atoms with Crippen molar-refractivity contribution < 1.29 is 0 Å². The van der Waals surface area contributed by atoms with Crippen molar-refractivity contribution in [2.45, 2.75) is 17.8 Å². The highest BCUT2D eigenvalue weighted by molar-refractivity contribution is 8.17. The Morgan fingerprint density at radius 3 is 2.29 bits per heavy atom. The van der Waals surface area contributed by atoms with Crippen LogP contribution in [0.2, 0.25) is 0 Å². The molecule has 1 aliphatic rings. The second-order valence-electron chi connectivity index (χ2n) is 4.02. The first-order chi connectivity index (χ1) is 9.89. The van der Waals surface area contributed by atoms with Crippen molar-refractivity contribution in [3.63, 3.8) is 0 Å². The van der Waals surface area contributed by atoms with Gasteiger partial charge >= 0.3 is 0 Å². The van der Waals surface area contributed by atoms with E-state index in [2.05, 4.69) is 20.4 Å². The van der Waals surface area contributed by atoms with Gasteiger partial charge in [0, 0.05) is 4.91 Å². The van der Waals surface area contributed by atoms with E-state index in [-0.39, 0.29) is 10.3 Å². The number of hydrogen-bond acceptors (Lipinski definition) is 10. The summed E-state index contributed by atoms with van der Waals surface area (Å²) in [5.74, 6) is 10.3. The monoisotopic (exact) mass is 328 g/mol. The quantitative estimate of drug-likeness (QED) is 0.108. The normalized spacial score (nSPS) is 26.9. The summed E-state index contributed by atoms with van der Waals surface area (Å²) < 4.78 is 0. The van der Waals surface area contributed by atoms with Crippen molar-refractivity contribution >= 4 is 33.9 Å². The molecule has 10 N–H and O–H groups in total. The summed E-state index contributed by atoms with van der Waals surface area (Å²) in [4.78, 5) is -0.420. The molecule has 21 heavy (non-hydrogen) atoms. The maximum atomic E-state index is 6.99. The Morgan fingerprint density at radius 2 is 1.81 bits per heavy atom. The van der Waals surface area contributed by atoms with Gasteiger partial charge in [0.25, 0.3) is 0 Å². The molecule has 0 aliphatic heterocycles. The molecule has 0 aromatic heterocycles. The lowest BCUT2D eigenvalue weighted by atomic mass is 9.96. The second kappa shape index (κ2) is 7.31. The van der Waals surface area contributed by atoms with E-state index in [0.29, 0.717) is 4.91 Å². The molecule has 0 saturated heterocycles. The van der Waals surface area contributed by atoms with Crippen molar-refractivity contribution in [3.8, 4) is 0 Å². The Hall–Kier alpha value is -1.76. The number of rotatable bonds is 2. The number of hydrazone groups is 2. The number of nitrogens with zero attached hydrogens (tertiary/aromatic N) is 4. The molecular weight excluding hydrogens is 312 g/mol. The zero-order valence-corrected chi connectivity index (χ0v) is 12.8. The summed E-state index contributed by atoms with van der Waals surface area (Å²) in [6, 6.07) is -0.517. The summed E-state index contributed by atoms with van der Waals surface area (Å²) in [5, 5.41) is 13.2. The Kier molecular flexibility index (Phi) is 6.02. The molecule has 0 aromatic carbocycles. The van der Waals surface area contributed by atoms with Crippen LogP contribution in [0.1, 0.15) is 6.92 Å². The number of nitrogens with two attached hydrogens (primary N) is 4. The fourth-order valence-electron chi connectivity index (χ4n) is 1.60. The standard InChI is InChI=1S/C9H16N10S2/c1-4-2-5(20-7(16-12)17-13)3-9(11,6(4)10)21-8(18-14)19-15/h2-3,6,12,14H,10-11,13,15H2,1H3. The van der Waals surface area contributed by atoms with Crippen LogP contribution in [0.3, 0.4) is 0 Å². The first-order valence-corrected chi connectivity index (χ1v) is 7.16. The number of thioether (sulfide) groups is 2. The predicted molar refractivity (Wildman–Crippen MR) is 85.5 cm³/mol. The van der Waals surface area contributed by atoms with Gasteiger partial charge in [0.15, 0.2) is 0 Å². The average molecular weight is 328 g/mol. The molecule has 1 rings (SSSR count). The minimum atomic E-state index is -1.09. The Labute approximate surface area is 129 Å². The topological polar surface area (TPSA) is 201 Å². The van der Waals surface area contributed by atoms with Crippen LogP contribution < -0.4 is 23.2 Å². The molecule has 0 spiro atoms. The fourth-order valence-corrected chi connectivity index (χ4v) is 3.39. The molecule has 114 valence electrons. The summed E-state index contributed by atoms with van der Waals surface area (Å²) >= 11 is 2.04. The van der Waals surface area contributed by atoms with Gasteiger partial charge in [-0.15, -0.1) is 10.2 Å². The van der Waals surface area contributed by atoms with Crippen LogP contribution in [0.5, 0.6) is 0 Å². The molecule has 2 atom stereocenters. The summed E-state index contributed by atoms with van der Waals surface area (Å²) in [6.07, 6.45) is 3.46. The average Bonchev–Trinajstić information content (AvgIpc) is 2.47. The largest absolute Gasteiger partial charge is 0.322 e. The molecule has 0 fully saturated rings. The van der Waals surface area contributed by atoms with Crippen LogP contribution in [-0.2, 0) is 0 Å². The number of nitrogens with one attached hydrogen (secondary N) is 2. The van der Waals surface area contributed by atoms with E-state index >= 15 is 0 Å². The van der Waals surface area contributed by atoms with Gasteiger partial charge in [-0.1, -0.05) is 17.3 Å². The van der Waals surface area contributed by atoms with Gasteiger partial charge in [0.1, 0.15) is 4.87 Å². The van der Waals surface area contributed by atoms with Gasteiger partial charge in [-0.3, -0.25) is 0 Å². The van der Waals surface area contributed by atoms with Gasteiger partial charge in [0.2, 0.25) is 10.3 Å². The van der Waals surface area contributed by atoms with Gasteiger partial charge in [-0.05, 0) is 30.8 Å². The van der Waals surface area contributed by atoms with E-state index in [1.165, 1.54) is 0 Å². The lowest BCUT2D eigenvalue weighted by Crippen LogP contribution is -2.53. The van der Waals surface area contributed by atoms with Crippen molar-refractivity contribution in [1.82, 2.24) is 0 Å². The lowest BCUT2D eigenvalue weighted by molar-refractivity contribution is 0.619. The van der Waals surface area contributed by atoms with Gasteiger partial charge in [-0.2, -0.15) is 10.2 Å². The van der Waals surface area contributed by atoms with Crippen LogP contribution in [0.4, 0.5) is 0 Å². The van der Waals surface area contributed by atoms with Crippen LogP contribution in [0.15, 0.2) is 43.1 Å². The number of amidine groups is 2. The SMILES string of the molecule is CC1=CC(SC(N=N)=NN)=CC(N)(SC(N=N)=NN)C1N. The molecule has 0 bridgehead atoms. The highest BCUT2D eigenvalue weighted by Crippen LogP contribution is 2.37. The minimum absolute atomic E-state index is 0.00106.